The quantitative estimate of drug-likeness (QED) is 0.937. The van der Waals surface area contributed by atoms with Gasteiger partial charge in [-0.05, 0) is 37.3 Å². The van der Waals surface area contributed by atoms with E-state index in [-0.39, 0.29) is 22.0 Å². The molecule has 0 spiro atoms. The van der Waals surface area contributed by atoms with Crippen LogP contribution in [0.4, 0.5) is 0 Å². The first-order chi connectivity index (χ1) is 9.92. The Morgan fingerprint density at radius 2 is 2.10 bits per heavy atom. The topological polar surface area (TPSA) is 82.9 Å². The maximum absolute atomic E-state index is 12.2. The number of nitriles is 1. The van der Waals surface area contributed by atoms with Crippen LogP contribution in [-0.4, -0.2) is 13.4 Å². The fraction of sp³-hybridized carbons (Fsp3) is 0.143. The molecule has 7 heteroatoms. The van der Waals surface area contributed by atoms with Crippen molar-refractivity contribution in [3.8, 4) is 6.07 Å². The number of rotatable bonds is 4. The highest BCUT2D eigenvalue weighted by molar-refractivity contribution is 7.89. The molecule has 0 aliphatic rings. The van der Waals surface area contributed by atoms with Gasteiger partial charge in [-0.3, -0.25) is 4.98 Å². The van der Waals surface area contributed by atoms with E-state index in [9.17, 15) is 8.42 Å². The molecule has 1 heterocycles. The molecule has 0 saturated carbocycles. The van der Waals surface area contributed by atoms with Crippen LogP contribution in [0.5, 0.6) is 0 Å². The minimum atomic E-state index is -3.70. The molecule has 21 heavy (non-hydrogen) atoms. The molecule has 0 unspecified atom stereocenters. The van der Waals surface area contributed by atoms with Gasteiger partial charge >= 0.3 is 0 Å². The van der Waals surface area contributed by atoms with Gasteiger partial charge < -0.3 is 0 Å². The minimum absolute atomic E-state index is 0.0131. The largest absolute Gasteiger partial charge is 0.257 e. The number of nitrogens with zero attached hydrogens (tertiary/aromatic N) is 2. The number of hydrogen-bond donors (Lipinski definition) is 1. The third-order valence-electron chi connectivity index (χ3n) is 2.76. The molecule has 0 aliphatic carbocycles. The third kappa shape index (κ3) is 3.79. The molecule has 1 N–H and O–H groups in total. The Bertz CT molecular complexity index is 813. The average molecular weight is 322 g/mol. The number of benzene rings is 1. The van der Waals surface area contributed by atoms with Gasteiger partial charge in [0.15, 0.2) is 0 Å². The van der Waals surface area contributed by atoms with Gasteiger partial charge in [0, 0.05) is 5.69 Å². The molecule has 0 atom stereocenters. The van der Waals surface area contributed by atoms with Crippen molar-refractivity contribution in [2.24, 2.45) is 0 Å². The highest BCUT2D eigenvalue weighted by Gasteiger charge is 2.15. The van der Waals surface area contributed by atoms with Crippen molar-refractivity contribution < 1.29 is 8.42 Å². The van der Waals surface area contributed by atoms with Crippen molar-refractivity contribution in [3.05, 3.63) is 58.4 Å². The van der Waals surface area contributed by atoms with Crippen LogP contribution in [0.3, 0.4) is 0 Å². The molecular weight excluding hydrogens is 310 g/mol. The summed E-state index contributed by atoms with van der Waals surface area (Å²) < 4.78 is 26.8. The molecule has 2 aromatic rings. The fourth-order valence-corrected chi connectivity index (χ4v) is 3.02. The van der Waals surface area contributed by atoms with Crippen molar-refractivity contribution >= 4 is 21.6 Å². The first-order valence-corrected chi connectivity index (χ1v) is 7.90. The van der Waals surface area contributed by atoms with E-state index in [1.54, 1.807) is 6.07 Å². The Hall–Kier alpha value is -1.94. The van der Waals surface area contributed by atoms with Gasteiger partial charge in [-0.2, -0.15) is 5.26 Å². The number of nitrogens with one attached hydrogen (secondary N) is 1. The van der Waals surface area contributed by atoms with Crippen LogP contribution < -0.4 is 4.72 Å². The Morgan fingerprint density at radius 1 is 1.33 bits per heavy atom. The van der Waals surface area contributed by atoms with E-state index in [1.165, 1.54) is 18.2 Å². The van der Waals surface area contributed by atoms with E-state index in [1.807, 2.05) is 25.1 Å². The predicted molar refractivity (Wildman–Crippen MR) is 79.2 cm³/mol. The van der Waals surface area contributed by atoms with Crippen LogP contribution >= 0.6 is 11.6 Å². The number of aryl methyl sites for hydroxylation is 1. The summed E-state index contributed by atoms with van der Waals surface area (Å²) in [6, 6.07) is 11.2. The van der Waals surface area contributed by atoms with Crippen LogP contribution in [0.25, 0.3) is 0 Å². The standard InChI is InChI=1S/C14H12ClN3O2S/c1-10-3-2-4-12(18-10)9-17-21(19,20)13-6-5-11(8-16)14(15)7-13/h2-7,17H,9H2,1H3. The first-order valence-electron chi connectivity index (χ1n) is 6.04. The number of halogens is 1. The SMILES string of the molecule is Cc1cccc(CNS(=O)(=O)c2ccc(C#N)c(Cl)c2)n1. The van der Waals surface area contributed by atoms with Gasteiger partial charge in [0.05, 0.1) is 27.7 Å². The average Bonchev–Trinajstić information content (AvgIpc) is 2.45. The monoisotopic (exact) mass is 321 g/mol. The van der Waals surface area contributed by atoms with Crippen LogP contribution in [0, 0.1) is 18.3 Å². The number of hydrogen-bond acceptors (Lipinski definition) is 4. The first kappa shape index (κ1) is 15.4. The van der Waals surface area contributed by atoms with Gasteiger partial charge in [0.25, 0.3) is 0 Å². The molecule has 0 amide bonds. The molecule has 1 aromatic heterocycles. The van der Waals surface area contributed by atoms with E-state index in [0.717, 1.165) is 5.69 Å². The summed E-state index contributed by atoms with van der Waals surface area (Å²) in [7, 11) is -3.70. The maximum atomic E-state index is 12.2. The maximum Gasteiger partial charge on any atom is 0.240 e. The zero-order valence-electron chi connectivity index (χ0n) is 11.2. The fourth-order valence-electron chi connectivity index (χ4n) is 1.70. The van der Waals surface area contributed by atoms with E-state index < -0.39 is 10.0 Å². The molecule has 0 bridgehead atoms. The number of pyridine rings is 1. The lowest BCUT2D eigenvalue weighted by atomic mass is 10.2. The van der Waals surface area contributed by atoms with Crippen molar-refractivity contribution in [1.82, 2.24) is 9.71 Å². The van der Waals surface area contributed by atoms with Gasteiger partial charge in [-0.25, -0.2) is 13.1 Å². The van der Waals surface area contributed by atoms with Crippen LogP contribution in [0.1, 0.15) is 17.0 Å². The summed E-state index contributed by atoms with van der Waals surface area (Å²) in [6.07, 6.45) is 0. The van der Waals surface area contributed by atoms with Gasteiger partial charge in [0.2, 0.25) is 10.0 Å². The molecule has 5 nitrogen and oxygen atoms in total. The summed E-state index contributed by atoms with van der Waals surface area (Å²) in [6.45, 7) is 1.92. The summed E-state index contributed by atoms with van der Waals surface area (Å²) >= 11 is 5.85. The van der Waals surface area contributed by atoms with E-state index in [0.29, 0.717) is 5.69 Å². The Morgan fingerprint density at radius 3 is 2.71 bits per heavy atom. The van der Waals surface area contributed by atoms with Crippen LogP contribution in [0.15, 0.2) is 41.3 Å². The highest BCUT2D eigenvalue weighted by Crippen LogP contribution is 2.20. The van der Waals surface area contributed by atoms with Crippen molar-refractivity contribution in [2.45, 2.75) is 18.4 Å². The zero-order valence-corrected chi connectivity index (χ0v) is 12.7. The lowest BCUT2D eigenvalue weighted by molar-refractivity contribution is 0.580. The smallest absolute Gasteiger partial charge is 0.240 e. The summed E-state index contributed by atoms with van der Waals surface area (Å²) in [4.78, 5) is 4.23. The predicted octanol–water partition coefficient (Wildman–Crippen LogP) is 2.39. The molecule has 0 aliphatic heterocycles. The molecule has 0 saturated heterocycles. The highest BCUT2D eigenvalue weighted by atomic mass is 35.5. The summed E-state index contributed by atoms with van der Waals surface area (Å²) in [5.74, 6) is 0. The number of sulfonamides is 1. The van der Waals surface area contributed by atoms with Gasteiger partial charge in [0.1, 0.15) is 6.07 Å². The molecular formula is C14H12ClN3O2S. The number of aromatic nitrogens is 1. The van der Waals surface area contributed by atoms with Crippen LogP contribution in [-0.2, 0) is 16.6 Å². The Kier molecular flexibility index (Phi) is 4.58. The second-order valence-corrected chi connectivity index (χ2v) is 6.52. The molecule has 108 valence electrons. The molecule has 2 rings (SSSR count). The zero-order chi connectivity index (χ0) is 15.5. The van der Waals surface area contributed by atoms with Gasteiger partial charge in [-0.15, -0.1) is 0 Å². The van der Waals surface area contributed by atoms with E-state index in [4.69, 9.17) is 16.9 Å². The third-order valence-corrected chi connectivity index (χ3v) is 4.47. The second kappa shape index (κ2) is 6.22. The molecule has 1 aromatic carbocycles. The lowest BCUT2D eigenvalue weighted by Gasteiger charge is -2.07. The van der Waals surface area contributed by atoms with Crippen molar-refractivity contribution in [2.75, 3.05) is 0 Å². The van der Waals surface area contributed by atoms with Gasteiger partial charge in [-0.1, -0.05) is 17.7 Å². The van der Waals surface area contributed by atoms with E-state index in [2.05, 4.69) is 9.71 Å². The molecule has 0 fully saturated rings. The summed E-state index contributed by atoms with van der Waals surface area (Å²) in [5, 5.41) is 8.89. The second-order valence-electron chi connectivity index (χ2n) is 4.35. The van der Waals surface area contributed by atoms with Crippen LogP contribution in [0.2, 0.25) is 5.02 Å². The van der Waals surface area contributed by atoms with Crippen molar-refractivity contribution in [1.29, 1.82) is 5.26 Å². The minimum Gasteiger partial charge on any atom is -0.257 e. The Balaban J connectivity index is 2.19. The Labute approximate surface area is 128 Å². The normalized spacial score (nSPS) is 11.1. The molecule has 0 radical (unpaired) electrons. The summed E-state index contributed by atoms with van der Waals surface area (Å²) in [5.41, 5.74) is 1.67. The lowest BCUT2D eigenvalue weighted by Crippen LogP contribution is -2.23. The van der Waals surface area contributed by atoms with E-state index >= 15 is 0 Å². The van der Waals surface area contributed by atoms with Crippen molar-refractivity contribution in [3.63, 3.8) is 0 Å².